The first kappa shape index (κ1) is 14.0. The van der Waals surface area contributed by atoms with Crippen molar-refractivity contribution in [1.82, 2.24) is 9.55 Å². The van der Waals surface area contributed by atoms with Crippen LogP contribution in [0.25, 0.3) is 11.3 Å². The van der Waals surface area contributed by atoms with Crippen LogP contribution in [0.15, 0.2) is 18.2 Å². The molecule has 0 saturated carbocycles. The van der Waals surface area contributed by atoms with E-state index in [1.54, 1.807) is 0 Å². The first-order chi connectivity index (χ1) is 10.1. The predicted octanol–water partition coefficient (Wildman–Crippen LogP) is 3.60. The summed E-state index contributed by atoms with van der Waals surface area (Å²) in [4.78, 5) is 4.81. The Labute approximate surface area is 125 Å². The molecule has 0 spiro atoms. The summed E-state index contributed by atoms with van der Waals surface area (Å²) in [6, 6.07) is 6.58. The molecule has 2 aromatic rings. The van der Waals surface area contributed by atoms with Crippen molar-refractivity contribution in [1.29, 1.82) is 0 Å². The molecule has 0 aliphatic carbocycles. The van der Waals surface area contributed by atoms with Gasteiger partial charge in [0.25, 0.3) is 0 Å². The first-order valence-corrected chi connectivity index (χ1v) is 7.74. The van der Waals surface area contributed by atoms with Gasteiger partial charge in [-0.25, -0.2) is 4.98 Å². The molecule has 3 rings (SSSR count). The molecule has 0 atom stereocenters. The minimum Gasteiger partial charge on any atom is -0.493 e. The molecule has 0 radical (unpaired) electrons. The number of fused-ring (bicyclic) bond motifs is 1. The largest absolute Gasteiger partial charge is 0.493 e. The fourth-order valence-electron chi connectivity index (χ4n) is 3.02. The molecule has 4 heteroatoms. The summed E-state index contributed by atoms with van der Waals surface area (Å²) in [5, 5.41) is 0. The normalized spacial score (nSPS) is 13.5. The number of hydrogen-bond donors (Lipinski definition) is 1. The molecule has 21 heavy (non-hydrogen) atoms. The van der Waals surface area contributed by atoms with Gasteiger partial charge >= 0.3 is 0 Å². The van der Waals surface area contributed by atoms with Crippen LogP contribution in [0.1, 0.15) is 44.6 Å². The molecule has 0 unspecified atom stereocenters. The molecule has 2 heterocycles. The van der Waals surface area contributed by atoms with E-state index in [9.17, 15) is 0 Å². The second kappa shape index (κ2) is 5.43. The van der Waals surface area contributed by atoms with Crippen molar-refractivity contribution in [3.8, 4) is 17.0 Å². The lowest BCUT2D eigenvalue weighted by Gasteiger charge is -2.13. The Hall–Kier alpha value is -1.97. The molecule has 0 saturated heterocycles. The van der Waals surface area contributed by atoms with Crippen LogP contribution in [0.2, 0.25) is 0 Å². The Bertz CT molecular complexity index is 658. The van der Waals surface area contributed by atoms with Crippen LogP contribution in [0.4, 0.5) is 5.82 Å². The number of nitrogen functional groups attached to an aromatic ring is 1. The molecule has 0 amide bonds. The topological polar surface area (TPSA) is 53.1 Å². The number of nitrogens with two attached hydrogens (primary N) is 1. The fourth-order valence-corrected chi connectivity index (χ4v) is 3.02. The highest BCUT2D eigenvalue weighted by molar-refractivity contribution is 5.72. The van der Waals surface area contributed by atoms with Crippen LogP contribution in [-0.4, -0.2) is 16.2 Å². The zero-order valence-electron chi connectivity index (χ0n) is 13.0. The maximum absolute atomic E-state index is 6.38. The van der Waals surface area contributed by atoms with Crippen molar-refractivity contribution < 1.29 is 4.74 Å². The van der Waals surface area contributed by atoms with E-state index in [1.807, 2.05) is 6.07 Å². The minimum atomic E-state index is 0.325. The monoisotopic (exact) mass is 285 g/mol. The molecule has 0 fully saturated rings. The van der Waals surface area contributed by atoms with Gasteiger partial charge in [-0.2, -0.15) is 0 Å². The molecule has 4 nitrogen and oxygen atoms in total. The van der Waals surface area contributed by atoms with Gasteiger partial charge in [0.15, 0.2) is 0 Å². The number of nitrogens with zero attached hydrogens (tertiary/aromatic N) is 2. The summed E-state index contributed by atoms with van der Waals surface area (Å²) in [7, 11) is 0. The summed E-state index contributed by atoms with van der Waals surface area (Å²) in [5.74, 6) is 2.85. The molecular weight excluding hydrogens is 262 g/mol. The third-order valence-electron chi connectivity index (χ3n) is 3.97. The number of anilines is 1. The molecule has 112 valence electrons. The van der Waals surface area contributed by atoms with Crippen molar-refractivity contribution in [3.05, 3.63) is 29.6 Å². The summed E-state index contributed by atoms with van der Waals surface area (Å²) in [5.41, 5.74) is 9.63. The Morgan fingerprint density at radius 1 is 1.38 bits per heavy atom. The van der Waals surface area contributed by atoms with E-state index in [0.29, 0.717) is 6.04 Å². The lowest BCUT2D eigenvalue weighted by atomic mass is 10.1. The fraction of sp³-hybridized carbons (Fsp3) is 0.471. The van der Waals surface area contributed by atoms with Crippen LogP contribution in [-0.2, 0) is 12.8 Å². The molecule has 1 aromatic heterocycles. The molecule has 1 aromatic carbocycles. The lowest BCUT2D eigenvalue weighted by Crippen LogP contribution is -2.09. The van der Waals surface area contributed by atoms with E-state index in [2.05, 4.69) is 37.5 Å². The summed E-state index contributed by atoms with van der Waals surface area (Å²) >= 11 is 0. The molecule has 0 bridgehead atoms. The Kier molecular flexibility index (Phi) is 3.62. The van der Waals surface area contributed by atoms with Crippen LogP contribution in [0, 0.1) is 0 Å². The van der Waals surface area contributed by atoms with Gasteiger partial charge in [0.1, 0.15) is 23.1 Å². The maximum Gasteiger partial charge on any atom is 0.131 e. The van der Waals surface area contributed by atoms with Crippen molar-refractivity contribution in [2.24, 2.45) is 0 Å². The number of aromatic nitrogens is 2. The van der Waals surface area contributed by atoms with Crippen LogP contribution in [0.3, 0.4) is 0 Å². The Morgan fingerprint density at radius 2 is 2.19 bits per heavy atom. The zero-order chi connectivity index (χ0) is 15.0. The number of rotatable bonds is 4. The number of imidazole rings is 1. The Balaban J connectivity index is 2.08. The third kappa shape index (κ3) is 2.39. The van der Waals surface area contributed by atoms with Crippen LogP contribution >= 0.6 is 0 Å². The van der Waals surface area contributed by atoms with Crippen molar-refractivity contribution in [2.45, 2.75) is 46.1 Å². The van der Waals surface area contributed by atoms with E-state index in [0.717, 1.165) is 54.5 Å². The second-order valence-corrected chi connectivity index (χ2v) is 5.90. The highest BCUT2D eigenvalue weighted by atomic mass is 16.5. The van der Waals surface area contributed by atoms with Gasteiger partial charge < -0.3 is 15.0 Å². The van der Waals surface area contributed by atoms with E-state index < -0.39 is 0 Å². The first-order valence-electron chi connectivity index (χ1n) is 7.74. The smallest absolute Gasteiger partial charge is 0.131 e. The molecule has 1 aliphatic heterocycles. The molecular formula is C17H23N3O. The van der Waals surface area contributed by atoms with Crippen molar-refractivity contribution in [2.75, 3.05) is 12.3 Å². The molecule has 1 aliphatic rings. The van der Waals surface area contributed by atoms with Crippen molar-refractivity contribution >= 4 is 5.82 Å². The van der Waals surface area contributed by atoms with E-state index in [1.165, 1.54) is 5.56 Å². The lowest BCUT2D eigenvalue weighted by molar-refractivity contribution is 0.357. The number of aryl methyl sites for hydroxylation is 1. The zero-order valence-corrected chi connectivity index (χ0v) is 13.0. The van der Waals surface area contributed by atoms with Crippen LogP contribution in [0.5, 0.6) is 5.75 Å². The van der Waals surface area contributed by atoms with Gasteiger partial charge in [-0.15, -0.1) is 0 Å². The minimum absolute atomic E-state index is 0.325. The quantitative estimate of drug-likeness (QED) is 0.933. The average molecular weight is 285 g/mol. The summed E-state index contributed by atoms with van der Waals surface area (Å²) in [6.07, 6.45) is 2.99. The maximum atomic E-state index is 6.38. The summed E-state index contributed by atoms with van der Waals surface area (Å²) < 4.78 is 7.72. The third-order valence-corrected chi connectivity index (χ3v) is 3.97. The van der Waals surface area contributed by atoms with Crippen LogP contribution < -0.4 is 10.5 Å². The highest BCUT2D eigenvalue weighted by Gasteiger charge is 2.19. The molecule has 2 N–H and O–H groups in total. The van der Waals surface area contributed by atoms with E-state index in [-0.39, 0.29) is 0 Å². The van der Waals surface area contributed by atoms with Crippen molar-refractivity contribution in [3.63, 3.8) is 0 Å². The Morgan fingerprint density at radius 3 is 2.90 bits per heavy atom. The van der Waals surface area contributed by atoms with Gasteiger partial charge in [-0.1, -0.05) is 6.92 Å². The van der Waals surface area contributed by atoms with Gasteiger partial charge in [0, 0.05) is 24.4 Å². The van der Waals surface area contributed by atoms with Gasteiger partial charge in [-0.3, -0.25) is 0 Å². The van der Waals surface area contributed by atoms with E-state index in [4.69, 9.17) is 15.5 Å². The second-order valence-electron chi connectivity index (χ2n) is 5.90. The average Bonchev–Trinajstić information content (AvgIpc) is 3.02. The SMILES string of the molecule is CCCc1nc(-c2ccc3c(c2)CCO3)c(N)n1C(C)C. The van der Waals surface area contributed by atoms with E-state index >= 15 is 0 Å². The van der Waals surface area contributed by atoms with Gasteiger partial charge in [-0.05, 0) is 44.0 Å². The number of hydrogen-bond acceptors (Lipinski definition) is 3. The standard InChI is InChI=1S/C17H23N3O/c1-4-5-15-19-16(17(18)20(15)11(2)3)13-6-7-14-12(10-13)8-9-21-14/h6-7,10-11H,4-5,8-9,18H2,1-3H3. The van der Waals surface area contributed by atoms with Gasteiger partial charge in [0.05, 0.1) is 6.61 Å². The van der Waals surface area contributed by atoms with Gasteiger partial charge in [0.2, 0.25) is 0 Å². The number of benzene rings is 1. The number of ether oxygens (including phenoxy) is 1. The highest BCUT2D eigenvalue weighted by Crippen LogP contribution is 2.34. The predicted molar refractivity (Wildman–Crippen MR) is 85.7 cm³/mol. The summed E-state index contributed by atoms with van der Waals surface area (Å²) in [6.45, 7) is 7.24.